The molecular weight excluding hydrogens is 348 g/mol. The monoisotopic (exact) mass is 380 g/mol. The first-order chi connectivity index (χ1) is 13.7. The van der Waals surface area contributed by atoms with Crippen molar-refractivity contribution in [1.29, 1.82) is 0 Å². The Morgan fingerprint density at radius 2 is 1.82 bits per heavy atom. The fourth-order valence-corrected chi connectivity index (χ4v) is 3.30. The zero-order valence-corrected chi connectivity index (χ0v) is 17.2. The summed E-state index contributed by atoms with van der Waals surface area (Å²) in [7, 11) is 3.97. The minimum atomic E-state index is 0.421. The highest BCUT2D eigenvalue weighted by atomic mass is 15.3. The summed E-state index contributed by atoms with van der Waals surface area (Å²) in [6.07, 6.45) is 1.96. The van der Waals surface area contributed by atoms with Crippen molar-refractivity contribution >= 4 is 11.8 Å². The molecule has 6 heteroatoms. The summed E-state index contributed by atoms with van der Waals surface area (Å²) < 4.78 is 0. The topological polar surface area (TPSA) is 55.8 Å². The fourth-order valence-electron chi connectivity index (χ4n) is 3.30. The second-order valence-electron chi connectivity index (χ2n) is 7.43. The van der Waals surface area contributed by atoms with Crippen molar-refractivity contribution in [2.24, 2.45) is 4.99 Å². The third-order valence-corrected chi connectivity index (χ3v) is 5.26. The number of rotatable bonds is 6. The molecule has 1 aliphatic rings. The molecular formula is C22H32N6. The quantitative estimate of drug-likeness (QED) is 0.595. The van der Waals surface area contributed by atoms with Crippen molar-refractivity contribution in [3.8, 4) is 0 Å². The summed E-state index contributed by atoms with van der Waals surface area (Å²) in [4.78, 5) is 13.7. The normalized spacial score (nSPS) is 16.7. The van der Waals surface area contributed by atoms with Gasteiger partial charge in [0.1, 0.15) is 5.82 Å². The van der Waals surface area contributed by atoms with Gasteiger partial charge in [0.15, 0.2) is 5.96 Å². The van der Waals surface area contributed by atoms with Gasteiger partial charge in [-0.1, -0.05) is 43.3 Å². The Morgan fingerprint density at radius 1 is 1.07 bits per heavy atom. The van der Waals surface area contributed by atoms with Crippen LogP contribution in [0, 0.1) is 0 Å². The van der Waals surface area contributed by atoms with Gasteiger partial charge in [-0.05, 0) is 30.2 Å². The van der Waals surface area contributed by atoms with Crippen molar-refractivity contribution < 1.29 is 0 Å². The highest BCUT2D eigenvalue weighted by Crippen LogP contribution is 2.14. The van der Waals surface area contributed by atoms with Crippen LogP contribution in [0.15, 0.2) is 53.7 Å². The Hall–Kier alpha value is -2.60. The lowest BCUT2D eigenvalue weighted by Crippen LogP contribution is -2.44. The molecule has 2 aromatic rings. The summed E-state index contributed by atoms with van der Waals surface area (Å²) in [5.41, 5.74) is 2.48. The van der Waals surface area contributed by atoms with Crippen molar-refractivity contribution in [2.45, 2.75) is 19.4 Å². The molecule has 1 aliphatic heterocycles. The van der Waals surface area contributed by atoms with Crippen LogP contribution in [0.25, 0.3) is 0 Å². The summed E-state index contributed by atoms with van der Waals surface area (Å²) in [5.74, 6) is 2.30. The van der Waals surface area contributed by atoms with Gasteiger partial charge in [0, 0.05) is 52.5 Å². The molecule has 28 heavy (non-hydrogen) atoms. The second-order valence-corrected chi connectivity index (χ2v) is 7.43. The van der Waals surface area contributed by atoms with Crippen LogP contribution < -0.4 is 15.5 Å². The van der Waals surface area contributed by atoms with Crippen LogP contribution in [-0.2, 0) is 6.54 Å². The summed E-state index contributed by atoms with van der Waals surface area (Å²) in [6.45, 7) is 8.02. The number of pyridine rings is 1. The molecule has 0 aliphatic carbocycles. The highest BCUT2D eigenvalue weighted by Gasteiger charge is 2.15. The maximum atomic E-state index is 4.65. The predicted octanol–water partition coefficient (Wildman–Crippen LogP) is 2.30. The van der Waals surface area contributed by atoms with Crippen LogP contribution in [0.4, 0.5) is 5.82 Å². The summed E-state index contributed by atoms with van der Waals surface area (Å²) in [6, 6.07) is 14.8. The van der Waals surface area contributed by atoms with Crippen LogP contribution in [0.2, 0.25) is 0 Å². The lowest BCUT2D eigenvalue weighted by Gasteiger charge is -2.33. The molecule has 1 fully saturated rings. The van der Waals surface area contributed by atoms with Crippen LogP contribution in [0.3, 0.4) is 0 Å². The molecule has 1 aromatic heterocycles. The van der Waals surface area contributed by atoms with Crippen molar-refractivity contribution in [2.75, 3.05) is 51.7 Å². The van der Waals surface area contributed by atoms with Crippen LogP contribution in [0.1, 0.15) is 24.0 Å². The number of likely N-dealkylation sites (N-methyl/N-ethyl adjacent to an activating group) is 1. The summed E-state index contributed by atoms with van der Waals surface area (Å²) >= 11 is 0. The van der Waals surface area contributed by atoms with Crippen LogP contribution in [0.5, 0.6) is 0 Å². The molecule has 6 nitrogen and oxygen atoms in total. The van der Waals surface area contributed by atoms with E-state index >= 15 is 0 Å². The van der Waals surface area contributed by atoms with E-state index in [2.05, 4.69) is 80.8 Å². The maximum Gasteiger partial charge on any atom is 0.191 e. The van der Waals surface area contributed by atoms with Gasteiger partial charge in [0.05, 0.1) is 0 Å². The van der Waals surface area contributed by atoms with Crippen molar-refractivity contribution in [3.05, 3.63) is 59.8 Å². The van der Waals surface area contributed by atoms with Gasteiger partial charge in [0.2, 0.25) is 0 Å². The molecule has 0 bridgehead atoms. The Morgan fingerprint density at radius 3 is 2.46 bits per heavy atom. The number of nitrogens with one attached hydrogen (secondary N) is 2. The Labute approximate surface area is 168 Å². The first kappa shape index (κ1) is 20.1. The molecule has 0 spiro atoms. The smallest absolute Gasteiger partial charge is 0.191 e. The number of anilines is 1. The number of piperazine rings is 1. The number of nitrogens with zero attached hydrogens (tertiary/aromatic N) is 4. The number of guanidine groups is 1. The Kier molecular flexibility index (Phi) is 7.25. The van der Waals surface area contributed by atoms with E-state index in [1.165, 1.54) is 5.56 Å². The molecule has 0 radical (unpaired) electrons. The largest absolute Gasteiger partial charge is 0.356 e. The van der Waals surface area contributed by atoms with Crippen LogP contribution in [-0.4, -0.2) is 62.7 Å². The van der Waals surface area contributed by atoms with E-state index < -0.39 is 0 Å². The van der Waals surface area contributed by atoms with E-state index in [0.29, 0.717) is 12.5 Å². The standard InChI is InChI=1S/C22H32N6/c1-18(20-7-5-4-6-8-20)15-25-22(23-2)26-17-19-9-10-21(24-16-19)28-13-11-27(3)12-14-28/h4-10,16,18H,11-15,17H2,1-3H3,(H2,23,25,26). The molecule has 3 rings (SSSR count). The lowest BCUT2D eigenvalue weighted by molar-refractivity contribution is 0.312. The zero-order chi connectivity index (χ0) is 19.8. The maximum absolute atomic E-state index is 4.65. The van der Waals surface area contributed by atoms with E-state index in [4.69, 9.17) is 0 Å². The number of aromatic nitrogens is 1. The van der Waals surface area contributed by atoms with Crippen molar-refractivity contribution in [1.82, 2.24) is 20.5 Å². The molecule has 1 atom stereocenters. The molecule has 0 amide bonds. The molecule has 1 unspecified atom stereocenters. The van der Waals surface area contributed by atoms with E-state index in [9.17, 15) is 0 Å². The average molecular weight is 381 g/mol. The van der Waals surface area contributed by atoms with E-state index in [1.807, 2.05) is 12.3 Å². The van der Waals surface area contributed by atoms with Gasteiger partial charge in [-0.25, -0.2) is 4.98 Å². The van der Waals surface area contributed by atoms with Gasteiger partial charge >= 0.3 is 0 Å². The number of benzene rings is 1. The molecule has 2 heterocycles. The number of aliphatic imine (C=N–C) groups is 1. The van der Waals surface area contributed by atoms with Crippen molar-refractivity contribution in [3.63, 3.8) is 0 Å². The minimum Gasteiger partial charge on any atom is -0.356 e. The van der Waals surface area contributed by atoms with Gasteiger partial charge in [0.25, 0.3) is 0 Å². The van der Waals surface area contributed by atoms with E-state index in [-0.39, 0.29) is 0 Å². The molecule has 1 aromatic carbocycles. The first-order valence-electron chi connectivity index (χ1n) is 10.0. The third kappa shape index (κ3) is 5.70. The van der Waals surface area contributed by atoms with E-state index in [1.54, 1.807) is 7.05 Å². The molecule has 0 saturated carbocycles. The lowest BCUT2D eigenvalue weighted by atomic mass is 10.0. The SMILES string of the molecule is CN=C(NCc1ccc(N2CCN(C)CC2)nc1)NCC(C)c1ccccc1. The Bertz CT molecular complexity index is 735. The molecule has 2 N–H and O–H groups in total. The number of hydrogen-bond donors (Lipinski definition) is 2. The molecule has 150 valence electrons. The van der Waals surface area contributed by atoms with Gasteiger partial charge in [-0.3, -0.25) is 4.99 Å². The van der Waals surface area contributed by atoms with Gasteiger partial charge < -0.3 is 20.4 Å². The van der Waals surface area contributed by atoms with Gasteiger partial charge in [-0.2, -0.15) is 0 Å². The van der Waals surface area contributed by atoms with E-state index in [0.717, 1.165) is 50.1 Å². The van der Waals surface area contributed by atoms with Gasteiger partial charge in [-0.15, -0.1) is 0 Å². The average Bonchev–Trinajstić information content (AvgIpc) is 2.75. The predicted molar refractivity (Wildman–Crippen MR) is 117 cm³/mol. The highest BCUT2D eigenvalue weighted by molar-refractivity contribution is 5.79. The fraction of sp³-hybridized carbons (Fsp3) is 0.455. The minimum absolute atomic E-state index is 0.421. The third-order valence-electron chi connectivity index (χ3n) is 5.26. The molecule has 1 saturated heterocycles. The van der Waals surface area contributed by atoms with Crippen LogP contribution >= 0.6 is 0 Å². The number of hydrogen-bond acceptors (Lipinski definition) is 4. The zero-order valence-electron chi connectivity index (χ0n) is 17.2. The second kappa shape index (κ2) is 10.1. The summed E-state index contributed by atoms with van der Waals surface area (Å²) in [5, 5.41) is 6.79. The Balaban J connectivity index is 1.46. The first-order valence-corrected chi connectivity index (χ1v) is 10.0.